The van der Waals surface area contributed by atoms with Crippen molar-refractivity contribution in [1.82, 2.24) is 0 Å². The van der Waals surface area contributed by atoms with Crippen LogP contribution in [0.25, 0.3) is 0 Å². The van der Waals surface area contributed by atoms with Crippen LogP contribution in [-0.2, 0) is 6.42 Å². The normalized spacial score (nSPS) is 9.77. The Kier molecular flexibility index (Phi) is 3.96. The second kappa shape index (κ2) is 5.02. The summed E-state index contributed by atoms with van der Waals surface area (Å²) in [5, 5.41) is 3.15. The SMILES string of the molecule is CCc1cc(OSC)ccc1NC. The van der Waals surface area contributed by atoms with E-state index in [1.54, 1.807) is 0 Å². The Labute approximate surface area is 83.9 Å². The average Bonchev–Trinajstić information content (AvgIpc) is 2.18. The standard InChI is InChI=1S/C10H15NOS/c1-4-8-7-9(12-13-3)5-6-10(8)11-2/h5-7,11H,4H2,1-3H3. The minimum Gasteiger partial charge on any atom is -0.426 e. The van der Waals surface area contributed by atoms with Crippen LogP contribution >= 0.6 is 12.0 Å². The van der Waals surface area contributed by atoms with Crippen molar-refractivity contribution in [2.24, 2.45) is 0 Å². The highest BCUT2D eigenvalue weighted by molar-refractivity contribution is 7.94. The van der Waals surface area contributed by atoms with Gasteiger partial charge in [0.1, 0.15) is 5.75 Å². The number of hydrogen-bond acceptors (Lipinski definition) is 3. The summed E-state index contributed by atoms with van der Waals surface area (Å²) in [5.41, 5.74) is 2.46. The summed E-state index contributed by atoms with van der Waals surface area (Å²) in [6.45, 7) is 2.14. The van der Waals surface area contributed by atoms with Crippen LogP contribution in [0, 0.1) is 0 Å². The van der Waals surface area contributed by atoms with Gasteiger partial charge in [-0.05, 0) is 30.2 Å². The molecule has 1 aromatic rings. The predicted molar refractivity (Wildman–Crippen MR) is 59.5 cm³/mol. The van der Waals surface area contributed by atoms with E-state index in [1.165, 1.54) is 23.3 Å². The lowest BCUT2D eigenvalue weighted by Crippen LogP contribution is -1.94. The van der Waals surface area contributed by atoms with Crippen LogP contribution in [0.2, 0.25) is 0 Å². The summed E-state index contributed by atoms with van der Waals surface area (Å²) >= 11 is 1.37. The van der Waals surface area contributed by atoms with Crippen molar-refractivity contribution >= 4 is 17.7 Å². The number of aryl methyl sites for hydroxylation is 1. The molecule has 0 spiro atoms. The predicted octanol–water partition coefficient (Wildman–Crippen LogP) is 2.95. The third-order valence-electron chi connectivity index (χ3n) is 1.91. The van der Waals surface area contributed by atoms with Gasteiger partial charge in [-0.2, -0.15) is 0 Å². The van der Waals surface area contributed by atoms with E-state index in [0.29, 0.717) is 0 Å². The number of hydrogen-bond donors (Lipinski definition) is 1. The van der Waals surface area contributed by atoms with Gasteiger partial charge in [-0.15, -0.1) is 0 Å². The van der Waals surface area contributed by atoms with E-state index in [4.69, 9.17) is 4.18 Å². The van der Waals surface area contributed by atoms with Crippen LogP contribution in [0.4, 0.5) is 5.69 Å². The zero-order chi connectivity index (χ0) is 9.68. The highest BCUT2D eigenvalue weighted by Crippen LogP contribution is 2.23. The van der Waals surface area contributed by atoms with Gasteiger partial charge in [0.15, 0.2) is 0 Å². The Morgan fingerprint density at radius 1 is 1.46 bits per heavy atom. The van der Waals surface area contributed by atoms with Gasteiger partial charge in [0.25, 0.3) is 0 Å². The molecule has 1 rings (SSSR count). The lowest BCUT2D eigenvalue weighted by Gasteiger charge is -2.09. The molecule has 0 aromatic heterocycles. The molecule has 0 unspecified atom stereocenters. The maximum atomic E-state index is 5.34. The van der Waals surface area contributed by atoms with Crippen molar-refractivity contribution in [2.75, 3.05) is 18.6 Å². The molecule has 0 saturated heterocycles. The highest BCUT2D eigenvalue weighted by atomic mass is 32.2. The molecule has 0 amide bonds. The summed E-state index contributed by atoms with van der Waals surface area (Å²) in [5.74, 6) is 0.920. The minimum absolute atomic E-state index is 0.920. The third kappa shape index (κ3) is 2.56. The van der Waals surface area contributed by atoms with E-state index in [9.17, 15) is 0 Å². The van der Waals surface area contributed by atoms with Gasteiger partial charge in [0.05, 0.1) is 12.0 Å². The van der Waals surface area contributed by atoms with Crippen molar-refractivity contribution in [3.05, 3.63) is 23.8 Å². The van der Waals surface area contributed by atoms with Gasteiger partial charge < -0.3 is 9.50 Å². The van der Waals surface area contributed by atoms with E-state index in [2.05, 4.69) is 18.3 Å². The van der Waals surface area contributed by atoms with Crippen LogP contribution in [-0.4, -0.2) is 13.3 Å². The largest absolute Gasteiger partial charge is 0.426 e. The van der Waals surface area contributed by atoms with Gasteiger partial charge in [0.2, 0.25) is 0 Å². The molecule has 0 atom stereocenters. The first-order valence-corrected chi connectivity index (χ1v) is 5.48. The van der Waals surface area contributed by atoms with Gasteiger partial charge >= 0.3 is 0 Å². The zero-order valence-corrected chi connectivity index (χ0v) is 9.07. The molecule has 1 N–H and O–H groups in total. The molecule has 0 saturated carbocycles. The van der Waals surface area contributed by atoms with E-state index < -0.39 is 0 Å². The van der Waals surface area contributed by atoms with Crippen LogP contribution < -0.4 is 9.50 Å². The van der Waals surface area contributed by atoms with Crippen LogP contribution in [0.5, 0.6) is 5.75 Å². The quantitative estimate of drug-likeness (QED) is 0.750. The van der Waals surface area contributed by atoms with E-state index in [1.807, 2.05) is 25.4 Å². The molecule has 0 radical (unpaired) electrons. The molecule has 3 heteroatoms. The first kappa shape index (κ1) is 10.3. The Hall–Kier alpha value is -0.830. The number of nitrogens with one attached hydrogen (secondary N) is 1. The topological polar surface area (TPSA) is 21.3 Å². The van der Waals surface area contributed by atoms with Crippen molar-refractivity contribution in [2.45, 2.75) is 13.3 Å². The molecule has 0 aliphatic heterocycles. The number of anilines is 1. The fourth-order valence-corrected chi connectivity index (χ4v) is 1.55. The number of benzene rings is 1. The summed E-state index contributed by atoms with van der Waals surface area (Å²) in [7, 11) is 1.93. The van der Waals surface area contributed by atoms with E-state index in [0.717, 1.165) is 12.2 Å². The molecule has 0 heterocycles. The second-order valence-electron chi connectivity index (χ2n) is 2.67. The van der Waals surface area contributed by atoms with Gasteiger partial charge in [0, 0.05) is 19.0 Å². The Bertz CT molecular complexity index is 276. The Morgan fingerprint density at radius 3 is 2.77 bits per heavy atom. The zero-order valence-electron chi connectivity index (χ0n) is 8.26. The monoisotopic (exact) mass is 197 g/mol. The Balaban J connectivity index is 2.91. The van der Waals surface area contributed by atoms with Gasteiger partial charge in [-0.1, -0.05) is 6.92 Å². The molecule has 0 aliphatic carbocycles. The first-order valence-electron chi connectivity index (χ1n) is 4.33. The molecule has 13 heavy (non-hydrogen) atoms. The summed E-state index contributed by atoms with van der Waals surface area (Å²) in [6, 6.07) is 6.09. The lowest BCUT2D eigenvalue weighted by atomic mass is 10.1. The lowest BCUT2D eigenvalue weighted by molar-refractivity contribution is 0.649. The van der Waals surface area contributed by atoms with Crippen LogP contribution in [0.3, 0.4) is 0 Å². The first-order chi connectivity index (χ1) is 6.31. The average molecular weight is 197 g/mol. The summed E-state index contributed by atoms with van der Waals surface area (Å²) < 4.78 is 5.34. The van der Waals surface area contributed by atoms with E-state index >= 15 is 0 Å². The van der Waals surface area contributed by atoms with E-state index in [-0.39, 0.29) is 0 Å². The van der Waals surface area contributed by atoms with Crippen molar-refractivity contribution in [1.29, 1.82) is 0 Å². The smallest absolute Gasteiger partial charge is 0.137 e. The van der Waals surface area contributed by atoms with Crippen molar-refractivity contribution in [3.8, 4) is 5.75 Å². The van der Waals surface area contributed by atoms with Gasteiger partial charge in [-0.3, -0.25) is 0 Å². The van der Waals surface area contributed by atoms with Crippen molar-refractivity contribution < 1.29 is 4.18 Å². The third-order valence-corrected chi connectivity index (χ3v) is 2.27. The molecule has 0 fully saturated rings. The molecule has 1 aromatic carbocycles. The molecule has 2 nitrogen and oxygen atoms in total. The molecule has 0 aliphatic rings. The molecule has 72 valence electrons. The summed E-state index contributed by atoms with van der Waals surface area (Å²) in [6.07, 6.45) is 2.93. The van der Waals surface area contributed by atoms with Crippen LogP contribution in [0.15, 0.2) is 18.2 Å². The van der Waals surface area contributed by atoms with Gasteiger partial charge in [-0.25, -0.2) is 0 Å². The minimum atomic E-state index is 0.920. The molecule has 0 bridgehead atoms. The maximum Gasteiger partial charge on any atom is 0.137 e. The molecular weight excluding hydrogens is 182 g/mol. The van der Waals surface area contributed by atoms with Crippen LogP contribution in [0.1, 0.15) is 12.5 Å². The Morgan fingerprint density at radius 2 is 2.23 bits per heavy atom. The van der Waals surface area contributed by atoms with Crippen molar-refractivity contribution in [3.63, 3.8) is 0 Å². The maximum absolute atomic E-state index is 5.34. The summed E-state index contributed by atoms with van der Waals surface area (Å²) in [4.78, 5) is 0. The number of rotatable bonds is 4. The fourth-order valence-electron chi connectivity index (χ4n) is 1.25. The fraction of sp³-hybridized carbons (Fsp3) is 0.400. The second-order valence-corrected chi connectivity index (χ2v) is 3.17. The highest BCUT2D eigenvalue weighted by Gasteiger charge is 2.00. The molecular formula is C10H15NOS.